The van der Waals surface area contributed by atoms with E-state index in [4.69, 9.17) is 4.98 Å². The Hall–Kier alpha value is -1.46. The number of aromatic nitrogens is 2. The van der Waals surface area contributed by atoms with Crippen molar-refractivity contribution in [1.29, 1.82) is 0 Å². The SMILES string of the molecule is CNCc1nc(C(C)C)ncc1N(C)C(C)c1cccs1. The van der Waals surface area contributed by atoms with E-state index in [-0.39, 0.29) is 0 Å². The second-order valence-electron chi connectivity index (χ2n) is 5.55. The lowest BCUT2D eigenvalue weighted by Gasteiger charge is -2.28. The third-order valence-electron chi connectivity index (χ3n) is 3.64. The van der Waals surface area contributed by atoms with Crippen LogP contribution in [0, 0.1) is 0 Å². The molecule has 5 heteroatoms. The topological polar surface area (TPSA) is 41.1 Å². The van der Waals surface area contributed by atoms with Crippen molar-refractivity contribution in [3.05, 3.63) is 40.1 Å². The Bertz CT molecular complexity index is 566. The molecule has 0 amide bonds. The molecule has 0 bridgehead atoms. The average Bonchev–Trinajstić information content (AvgIpc) is 3.00. The minimum Gasteiger partial charge on any atom is -0.364 e. The summed E-state index contributed by atoms with van der Waals surface area (Å²) in [6.07, 6.45) is 1.96. The second-order valence-corrected chi connectivity index (χ2v) is 6.53. The Morgan fingerprint density at radius 1 is 1.33 bits per heavy atom. The van der Waals surface area contributed by atoms with E-state index >= 15 is 0 Å². The molecular weight excluding hydrogens is 280 g/mol. The van der Waals surface area contributed by atoms with Crippen LogP contribution in [0.3, 0.4) is 0 Å². The van der Waals surface area contributed by atoms with Crippen LogP contribution in [0.5, 0.6) is 0 Å². The Kier molecular flexibility index (Phi) is 5.31. The van der Waals surface area contributed by atoms with Gasteiger partial charge in [-0.2, -0.15) is 0 Å². The zero-order valence-electron chi connectivity index (χ0n) is 13.4. The normalized spacial score (nSPS) is 12.7. The van der Waals surface area contributed by atoms with Gasteiger partial charge in [-0.05, 0) is 25.4 Å². The zero-order valence-corrected chi connectivity index (χ0v) is 14.2. The van der Waals surface area contributed by atoms with Gasteiger partial charge < -0.3 is 10.2 Å². The van der Waals surface area contributed by atoms with E-state index in [9.17, 15) is 0 Å². The van der Waals surface area contributed by atoms with Crippen LogP contribution in [-0.4, -0.2) is 24.1 Å². The van der Waals surface area contributed by atoms with Crippen LogP contribution >= 0.6 is 11.3 Å². The molecule has 1 unspecified atom stereocenters. The van der Waals surface area contributed by atoms with E-state index < -0.39 is 0 Å². The van der Waals surface area contributed by atoms with Crippen molar-refractivity contribution in [2.75, 3.05) is 19.0 Å². The number of thiophene rings is 1. The van der Waals surface area contributed by atoms with Crippen molar-refractivity contribution < 1.29 is 0 Å². The highest BCUT2D eigenvalue weighted by Crippen LogP contribution is 2.29. The molecule has 4 nitrogen and oxygen atoms in total. The second kappa shape index (κ2) is 7.00. The first-order chi connectivity index (χ1) is 10.0. The Labute approximate surface area is 131 Å². The van der Waals surface area contributed by atoms with Crippen molar-refractivity contribution in [1.82, 2.24) is 15.3 Å². The maximum absolute atomic E-state index is 4.73. The fraction of sp³-hybridized carbons (Fsp3) is 0.500. The third kappa shape index (κ3) is 3.60. The highest BCUT2D eigenvalue weighted by molar-refractivity contribution is 7.10. The maximum atomic E-state index is 4.73. The summed E-state index contributed by atoms with van der Waals surface area (Å²) in [7, 11) is 4.06. The van der Waals surface area contributed by atoms with E-state index in [1.807, 2.05) is 13.2 Å². The predicted octanol–water partition coefficient (Wildman–Crippen LogP) is 3.58. The van der Waals surface area contributed by atoms with Gasteiger partial charge in [0.15, 0.2) is 0 Å². The summed E-state index contributed by atoms with van der Waals surface area (Å²) < 4.78 is 0. The van der Waals surface area contributed by atoms with E-state index in [2.05, 4.69) is 60.5 Å². The molecule has 1 N–H and O–H groups in total. The number of rotatable bonds is 6. The van der Waals surface area contributed by atoms with Crippen LogP contribution in [0.15, 0.2) is 23.7 Å². The summed E-state index contributed by atoms with van der Waals surface area (Å²) in [5, 5.41) is 5.32. The smallest absolute Gasteiger partial charge is 0.131 e. The monoisotopic (exact) mass is 304 g/mol. The van der Waals surface area contributed by atoms with Crippen LogP contribution in [0.4, 0.5) is 5.69 Å². The fourth-order valence-electron chi connectivity index (χ4n) is 2.23. The first kappa shape index (κ1) is 15.9. The van der Waals surface area contributed by atoms with Crippen LogP contribution in [0.1, 0.15) is 49.1 Å². The van der Waals surface area contributed by atoms with Crippen LogP contribution in [0.2, 0.25) is 0 Å². The van der Waals surface area contributed by atoms with E-state index in [1.54, 1.807) is 11.3 Å². The van der Waals surface area contributed by atoms with Crippen molar-refractivity contribution in [3.63, 3.8) is 0 Å². The van der Waals surface area contributed by atoms with Gasteiger partial charge in [-0.1, -0.05) is 19.9 Å². The van der Waals surface area contributed by atoms with Gasteiger partial charge in [0.25, 0.3) is 0 Å². The fourth-order valence-corrected chi connectivity index (χ4v) is 3.05. The summed E-state index contributed by atoms with van der Waals surface area (Å²) in [5.41, 5.74) is 2.15. The van der Waals surface area contributed by atoms with E-state index in [0.717, 1.165) is 23.8 Å². The lowest BCUT2D eigenvalue weighted by Crippen LogP contribution is -2.24. The number of hydrogen-bond acceptors (Lipinski definition) is 5. The van der Waals surface area contributed by atoms with Crippen LogP contribution in [0.25, 0.3) is 0 Å². The zero-order chi connectivity index (χ0) is 15.4. The van der Waals surface area contributed by atoms with Gasteiger partial charge in [0.1, 0.15) is 5.82 Å². The molecule has 0 aromatic carbocycles. The molecule has 0 aliphatic heterocycles. The lowest BCUT2D eigenvalue weighted by molar-refractivity contribution is 0.697. The van der Waals surface area contributed by atoms with E-state index in [0.29, 0.717) is 12.0 Å². The number of nitrogens with zero attached hydrogens (tertiary/aromatic N) is 3. The van der Waals surface area contributed by atoms with Crippen molar-refractivity contribution in [2.24, 2.45) is 0 Å². The Morgan fingerprint density at radius 2 is 2.10 bits per heavy atom. The van der Waals surface area contributed by atoms with Gasteiger partial charge in [0, 0.05) is 24.4 Å². The molecule has 2 aromatic rings. The first-order valence-electron chi connectivity index (χ1n) is 7.31. The van der Waals surface area contributed by atoms with Crippen molar-refractivity contribution in [3.8, 4) is 0 Å². The molecule has 2 rings (SSSR count). The molecule has 0 aliphatic carbocycles. The molecule has 0 saturated carbocycles. The Balaban J connectivity index is 2.33. The summed E-state index contributed by atoms with van der Waals surface area (Å²) in [6, 6.07) is 4.58. The quantitative estimate of drug-likeness (QED) is 0.885. The van der Waals surface area contributed by atoms with Gasteiger partial charge in [-0.15, -0.1) is 11.3 Å². The molecule has 0 spiro atoms. The van der Waals surface area contributed by atoms with Gasteiger partial charge in [-0.3, -0.25) is 0 Å². The maximum Gasteiger partial charge on any atom is 0.131 e. The van der Waals surface area contributed by atoms with Gasteiger partial charge >= 0.3 is 0 Å². The number of nitrogens with one attached hydrogen (secondary N) is 1. The first-order valence-corrected chi connectivity index (χ1v) is 8.19. The lowest BCUT2D eigenvalue weighted by atomic mass is 10.1. The molecular formula is C16H24N4S. The molecule has 0 saturated heterocycles. The summed E-state index contributed by atoms with van der Waals surface area (Å²) in [5.74, 6) is 1.25. The van der Waals surface area contributed by atoms with Gasteiger partial charge in [0.05, 0.1) is 23.6 Å². The highest BCUT2D eigenvalue weighted by atomic mass is 32.1. The molecule has 2 aromatic heterocycles. The van der Waals surface area contributed by atoms with Crippen molar-refractivity contribution in [2.45, 2.75) is 39.3 Å². The van der Waals surface area contributed by atoms with Gasteiger partial charge in [-0.25, -0.2) is 9.97 Å². The predicted molar refractivity (Wildman–Crippen MR) is 90.0 cm³/mol. The number of anilines is 1. The minimum atomic E-state index is 0.314. The highest BCUT2D eigenvalue weighted by Gasteiger charge is 2.18. The van der Waals surface area contributed by atoms with Gasteiger partial charge in [0.2, 0.25) is 0 Å². The summed E-state index contributed by atoms with van der Waals surface area (Å²) >= 11 is 1.78. The van der Waals surface area contributed by atoms with E-state index in [1.165, 1.54) is 4.88 Å². The summed E-state index contributed by atoms with van der Waals surface area (Å²) in [4.78, 5) is 12.9. The van der Waals surface area contributed by atoms with Crippen LogP contribution < -0.4 is 10.2 Å². The minimum absolute atomic E-state index is 0.314. The van der Waals surface area contributed by atoms with Crippen LogP contribution in [-0.2, 0) is 6.54 Å². The molecule has 0 fully saturated rings. The average molecular weight is 304 g/mol. The molecule has 114 valence electrons. The summed E-state index contributed by atoms with van der Waals surface area (Å²) in [6.45, 7) is 7.21. The van der Waals surface area contributed by atoms with Crippen molar-refractivity contribution >= 4 is 17.0 Å². The molecule has 0 radical (unpaired) electrons. The molecule has 2 heterocycles. The molecule has 0 aliphatic rings. The Morgan fingerprint density at radius 3 is 2.67 bits per heavy atom. The number of hydrogen-bond donors (Lipinski definition) is 1. The largest absolute Gasteiger partial charge is 0.364 e. The molecule has 21 heavy (non-hydrogen) atoms. The molecule has 1 atom stereocenters. The third-order valence-corrected chi connectivity index (χ3v) is 4.68. The standard InChI is InChI=1S/C16H24N4S/c1-11(2)16-18-10-14(13(19-16)9-17-4)20(5)12(3)15-7-6-8-21-15/h6-8,10-12,17H,9H2,1-5H3.